The first kappa shape index (κ1) is 14.1. The van der Waals surface area contributed by atoms with Crippen molar-refractivity contribution in [2.45, 2.75) is 6.10 Å². The number of benzene rings is 2. The smallest absolute Gasteiger partial charge is 0.351 e. The van der Waals surface area contributed by atoms with Gasteiger partial charge in [-0.05, 0) is 30.3 Å². The topological polar surface area (TPSA) is 57.1 Å². The van der Waals surface area contributed by atoms with E-state index in [1.807, 2.05) is 48.5 Å². The molecule has 0 saturated carbocycles. The molecular weight excluding hydrogens is 282 g/mol. The van der Waals surface area contributed by atoms with E-state index in [1.165, 1.54) is 7.11 Å². The van der Waals surface area contributed by atoms with E-state index >= 15 is 0 Å². The molecular formula is C17H15NO4. The summed E-state index contributed by atoms with van der Waals surface area (Å²) in [5.41, 5.74) is 2.17. The fourth-order valence-corrected chi connectivity index (χ4v) is 2.27. The van der Waals surface area contributed by atoms with Crippen molar-refractivity contribution in [3.05, 3.63) is 59.7 Å². The molecule has 2 aromatic carbocycles. The lowest BCUT2D eigenvalue weighted by Gasteiger charge is -2.24. The number of nitrogens with zero attached hydrogens (tertiary/aromatic N) is 1. The minimum Gasteiger partial charge on any atom is -0.497 e. The van der Waals surface area contributed by atoms with Crippen LogP contribution in [0.25, 0.3) is 0 Å². The number of ether oxygens (including phenoxy) is 3. The minimum atomic E-state index is -0.809. The Morgan fingerprint density at radius 3 is 2.50 bits per heavy atom. The maximum absolute atomic E-state index is 12.0. The van der Waals surface area contributed by atoms with Crippen molar-refractivity contribution < 1.29 is 19.0 Å². The van der Waals surface area contributed by atoms with E-state index < -0.39 is 12.1 Å². The molecule has 0 fully saturated rings. The molecule has 1 aliphatic rings. The van der Waals surface area contributed by atoms with Crippen molar-refractivity contribution in [2.24, 2.45) is 4.99 Å². The molecule has 0 saturated heterocycles. The van der Waals surface area contributed by atoms with Gasteiger partial charge in [-0.15, -0.1) is 0 Å². The van der Waals surface area contributed by atoms with Crippen LogP contribution in [0.2, 0.25) is 0 Å². The number of esters is 1. The summed E-state index contributed by atoms with van der Waals surface area (Å²) in [5.74, 6) is 0.676. The van der Waals surface area contributed by atoms with Gasteiger partial charge in [0.05, 0.1) is 19.9 Å². The molecule has 2 aromatic rings. The van der Waals surface area contributed by atoms with Crippen LogP contribution < -0.4 is 4.74 Å². The van der Waals surface area contributed by atoms with Gasteiger partial charge in [-0.1, -0.05) is 18.2 Å². The first-order valence-electron chi connectivity index (χ1n) is 6.79. The van der Waals surface area contributed by atoms with E-state index in [4.69, 9.17) is 14.2 Å². The Bertz CT molecular complexity index is 722. The average molecular weight is 297 g/mol. The van der Waals surface area contributed by atoms with Crippen molar-refractivity contribution in [3.63, 3.8) is 0 Å². The molecule has 0 N–H and O–H groups in total. The fourth-order valence-electron chi connectivity index (χ4n) is 2.27. The van der Waals surface area contributed by atoms with Crippen LogP contribution in [-0.4, -0.2) is 26.1 Å². The number of carbonyl (C=O) groups is 1. The molecule has 3 rings (SSSR count). The summed E-state index contributed by atoms with van der Waals surface area (Å²) in [6, 6.07) is 14.7. The second-order valence-corrected chi connectivity index (χ2v) is 4.73. The number of fused-ring (bicyclic) bond motifs is 1. The molecule has 1 atom stereocenters. The summed E-state index contributed by atoms with van der Waals surface area (Å²) in [7, 11) is 2.94. The summed E-state index contributed by atoms with van der Waals surface area (Å²) < 4.78 is 15.7. The van der Waals surface area contributed by atoms with Crippen LogP contribution in [0.4, 0.5) is 5.69 Å². The number of hydrogen-bond donors (Lipinski definition) is 0. The molecule has 1 aliphatic heterocycles. The molecule has 0 amide bonds. The monoisotopic (exact) mass is 297 g/mol. The maximum Gasteiger partial charge on any atom is 0.351 e. The van der Waals surface area contributed by atoms with Gasteiger partial charge in [-0.25, -0.2) is 9.79 Å². The van der Waals surface area contributed by atoms with E-state index in [0.717, 1.165) is 11.3 Å². The third kappa shape index (κ3) is 2.53. The zero-order valence-electron chi connectivity index (χ0n) is 12.3. The van der Waals surface area contributed by atoms with Crippen molar-refractivity contribution in [2.75, 3.05) is 14.2 Å². The van der Waals surface area contributed by atoms with Crippen molar-refractivity contribution >= 4 is 17.6 Å². The average Bonchev–Trinajstić information content (AvgIpc) is 2.60. The largest absolute Gasteiger partial charge is 0.497 e. The number of methoxy groups -OCH3 is 2. The van der Waals surface area contributed by atoms with Gasteiger partial charge in [0.15, 0.2) is 0 Å². The normalized spacial score (nSPS) is 16.1. The van der Waals surface area contributed by atoms with Crippen LogP contribution in [0, 0.1) is 0 Å². The van der Waals surface area contributed by atoms with Gasteiger partial charge in [-0.3, -0.25) is 0 Å². The molecule has 0 unspecified atom stereocenters. The van der Waals surface area contributed by atoms with Gasteiger partial charge in [0.2, 0.25) is 12.0 Å². The molecule has 5 heteroatoms. The van der Waals surface area contributed by atoms with E-state index in [2.05, 4.69) is 4.99 Å². The Morgan fingerprint density at radius 2 is 1.82 bits per heavy atom. The summed E-state index contributed by atoms with van der Waals surface area (Å²) in [6.45, 7) is 0. The highest BCUT2D eigenvalue weighted by atomic mass is 16.6. The molecule has 1 heterocycles. The van der Waals surface area contributed by atoms with Crippen molar-refractivity contribution in [1.82, 2.24) is 0 Å². The molecule has 0 spiro atoms. The zero-order valence-corrected chi connectivity index (χ0v) is 12.3. The summed E-state index contributed by atoms with van der Waals surface area (Å²) in [4.78, 5) is 16.5. The maximum atomic E-state index is 12.0. The third-order valence-electron chi connectivity index (χ3n) is 3.42. The van der Waals surface area contributed by atoms with Crippen LogP contribution >= 0.6 is 0 Å². The van der Waals surface area contributed by atoms with Gasteiger partial charge in [0.1, 0.15) is 5.75 Å². The molecule has 0 radical (unpaired) electrons. The van der Waals surface area contributed by atoms with Gasteiger partial charge < -0.3 is 14.2 Å². The first-order valence-corrected chi connectivity index (χ1v) is 6.79. The van der Waals surface area contributed by atoms with Gasteiger partial charge in [-0.2, -0.15) is 0 Å². The quantitative estimate of drug-likeness (QED) is 0.817. The number of hydrogen-bond acceptors (Lipinski definition) is 5. The predicted octanol–water partition coefficient (Wildman–Crippen LogP) is 3.02. The van der Waals surface area contributed by atoms with Crippen molar-refractivity contribution in [1.29, 1.82) is 0 Å². The van der Waals surface area contributed by atoms with E-state index in [1.54, 1.807) is 7.11 Å². The molecule has 0 aromatic heterocycles. The van der Waals surface area contributed by atoms with Gasteiger partial charge >= 0.3 is 5.97 Å². The number of rotatable bonds is 3. The highest BCUT2D eigenvalue weighted by molar-refractivity contribution is 5.99. The summed E-state index contributed by atoms with van der Waals surface area (Å²) in [6.07, 6.45) is -0.809. The molecule has 0 aliphatic carbocycles. The van der Waals surface area contributed by atoms with Gasteiger partial charge in [0, 0.05) is 11.1 Å². The Balaban J connectivity index is 2.02. The van der Waals surface area contributed by atoms with Crippen LogP contribution in [-0.2, 0) is 14.3 Å². The number of para-hydroxylation sites is 1. The summed E-state index contributed by atoms with van der Waals surface area (Å²) >= 11 is 0. The first-order chi connectivity index (χ1) is 10.7. The lowest BCUT2D eigenvalue weighted by Crippen LogP contribution is -2.24. The highest BCUT2D eigenvalue weighted by Gasteiger charge is 2.31. The summed E-state index contributed by atoms with van der Waals surface area (Å²) in [5, 5.41) is 0. The second-order valence-electron chi connectivity index (χ2n) is 4.73. The zero-order chi connectivity index (χ0) is 15.5. The van der Waals surface area contributed by atoms with E-state index in [9.17, 15) is 4.79 Å². The van der Waals surface area contributed by atoms with Crippen LogP contribution in [0.5, 0.6) is 5.75 Å². The molecule has 0 bridgehead atoms. The van der Waals surface area contributed by atoms with Crippen LogP contribution in [0.1, 0.15) is 17.2 Å². The molecule has 5 nitrogen and oxygen atoms in total. The lowest BCUT2D eigenvalue weighted by molar-refractivity contribution is -0.149. The standard InChI is InChI=1S/C17H15NO4/c1-20-12-9-7-11(8-10-12)16-18-14-6-4-3-5-13(14)15(22-16)17(19)21-2/h3-10,15H,1-2H3/t15-/m1/s1. The second kappa shape index (κ2) is 5.89. The Labute approximate surface area is 128 Å². The predicted molar refractivity (Wildman–Crippen MR) is 81.5 cm³/mol. The Kier molecular flexibility index (Phi) is 3.78. The van der Waals surface area contributed by atoms with Gasteiger partial charge in [0.25, 0.3) is 0 Å². The molecule has 112 valence electrons. The lowest BCUT2D eigenvalue weighted by atomic mass is 10.1. The molecule has 22 heavy (non-hydrogen) atoms. The van der Waals surface area contributed by atoms with E-state index in [0.29, 0.717) is 17.1 Å². The minimum absolute atomic E-state index is 0.386. The number of aliphatic imine (C=N–C) groups is 1. The van der Waals surface area contributed by atoms with Crippen LogP contribution in [0.15, 0.2) is 53.5 Å². The fraction of sp³-hybridized carbons (Fsp3) is 0.176. The van der Waals surface area contributed by atoms with E-state index in [-0.39, 0.29) is 0 Å². The Hall–Kier alpha value is -2.82. The number of carbonyl (C=O) groups excluding carboxylic acids is 1. The third-order valence-corrected chi connectivity index (χ3v) is 3.42. The highest BCUT2D eigenvalue weighted by Crippen LogP contribution is 2.34. The van der Waals surface area contributed by atoms with Crippen LogP contribution in [0.3, 0.4) is 0 Å². The van der Waals surface area contributed by atoms with Crippen molar-refractivity contribution in [3.8, 4) is 5.75 Å². The SMILES string of the molecule is COC(=O)[C@@H]1OC(c2ccc(OC)cc2)=Nc2ccccc21. The Morgan fingerprint density at radius 1 is 1.09 bits per heavy atom.